The van der Waals surface area contributed by atoms with Crippen molar-refractivity contribution < 1.29 is 19.0 Å². The molecule has 0 aliphatic carbocycles. The number of rotatable bonds is 6. The maximum absolute atomic E-state index is 11.8. The minimum Gasteiger partial charge on any atom is -0.486 e. The van der Waals surface area contributed by atoms with E-state index in [0.717, 1.165) is 32.4 Å². The predicted molar refractivity (Wildman–Crippen MR) is 122 cm³/mol. The van der Waals surface area contributed by atoms with Crippen molar-refractivity contribution >= 4 is 32.6 Å². The Morgan fingerprint density at radius 2 is 2.00 bits per heavy atom. The van der Waals surface area contributed by atoms with Gasteiger partial charge < -0.3 is 24.8 Å². The van der Waals surface area contributed by atoms with Crippen molar-refractivity contribution in [3.63, 3.8) is 0 Å². The second kappa shape index (κ2) is 8.72. The number of ether oxygens (including phenoxy) is 3. The zero-order valence-electron chi connectivity index (χ0n) is 17.3. The van der Waals surface area contributed by atoms with E-state index in [0.29, 0.717) is 37.0 Å². The summed E-state index contributed by atoms with van der Waals surface area (Å²) in [4.78, 5) is 20.5. The van der Waals surface area contributed by atoms with Gasteiger partial charge in [-0.2, -0.15) is 0 Å². The molecule has 0 unspecified atom stereocenters. The Morgan fingerprint density at radius 1 is 1.12 bits per heavy atom. The van der Waals surface area contributed by atoms with Gasteiger partial charge >= 0.3 is 0 Å². The van der Waals surface area contributed by atoms with Crippen LogP contribution in [0.1, 0.15) is 16.1 Å². The number of fused-ring (bicyclic) bond motifs is 2. The van der Waals surface area contributed by atoms with Crippen LogP contribution < -0.4 is 24.8 Å². The van der Waals surface area contributed by atoms with E-state index >= 15 is 0 Å². The number of carbonyl (C=O) groups excluding carboxylic acids is 1. The molecule has 2 aromatic carbocycles. The van der Waals surface area contributed by atoms with E-state index in [1.54, 1.807) is 25.4 Å². The van der Waals surface area contributed by atoms with Crippen LogP contribution in [0.2, 0.25) is 0 Å². The minimum atomic E-state index is -0.263. The first-order valence-electron chi connectivity index (χ1n) is 10.1. The number of anilines is 1. The van der Waals surface area contributed by atoms with Gasteiger partial charge in [-0.1, -0.05) is 23.5 Å². The van der Waals surface area contributed by atoms with Crippen LogP contribution in [-0.2, 0) is 6.54 Å². The lowest BCUT2D eigenvalue weighted by molar-refractivity contribution is 0.0958. The molecule has 1 amide bonds. The van der Waals surface area contributed by atoms with Crippen molar-refractivity contribution in [1.82, 2.24) is 15.3 Å². The monoisotopic (exact) mass is 448 g/mol. The van der Waals surface area contributed by atoms with Gasteiger partial charge in [-0.25, -0.2) is 4.98 Å². The molecule has 3 heterocycles. The van der Waals surface area contributed by atoms with Crippen LogP contribution in [0.4, 0.5) is 5.13 Å². The topological polar surface area (TPSA) is 94.6 Å². The Balaban J connectivity index is 1.31. The highest BCUT2D eigenvalue weighted by Gasteiger charge is 2.16. The van der Waals surface area contributed by atoms with Gasteiger partial charge in [0.1, 0.15) is 30.4 Å². The van der Waals surface area contributed by atoms with Gasteiger partial charge in [0.05, 0.1) is 10.2 Å². The van der Waals surface area contributed by atoms with Crippen molar-refractivity contribution in [3.8, 4) is 23.0 Å². The zero-order valence-corrected chi connectivity index (χ0v) is 18.1. The van der Waals surface area contributed by atoms with Crippen molar-refractivity contribution in [2.24, 2.45) is 0 Å². The summed E-state index contributed by atoms with van der Waals surface area (Å²) >= 11 is 1.54. The number of carbonyl (C=O) groups is 1. The highest BCUT2D eigenvalue weighted by atomic mass is 32.1. The van der Waals surface area contributed by atoms with Crippen LogP contribution in [-0.4, -0.2) is 36.1 Å². The number of amides is 1. The van der Waals surface area contributed by atoms with E-state index in [4.69, 9.17) is 14.2 Å². The van der Waals surface area contributed by atoms with Crippen LogP contribution in [0.5, 0.6) is 23.0 Å². The van der Waals surface area contributed by atoms with Crippen LogP contribution >= 0.6 is 11.3 Å². The van der Waals surface area contributed by atoms with Gasteiger partial charge in [0.25, 0.3) is 5.91 Å². The normalized spacial score (nSPS) is 12.4. The lowest BCUT2D eigenvalue weighted by atomic mass is 10.2. The molecule has 4 aromatic rings. The maximum atomic E-state index is 11.8. The quantitative estimate of drug-likeness (QED) is 0.456. The van der Waals surface area contributed by atoms with Crippen LogP contribution in [0.25, 0.3) is 10.2 Å². The highest BCUT2D eigenvalue weighted by Crippen LogP contribution is 2.35. The number of para-hydroxylation sites is 1. The van der Waals surface area contributed by atoms with E-state index in [1.807, 2.05) is 36.4 Å². The molecular formula is C23H20N4O4S. The predicted octanol–water partition coefficient (Wildman–Crippen LogP) is 4.23. The summed E-state index contributed by atoms with van der Waals surface area (Å²) in [6, 6.07) is 14.9. The van der Waals surface area contributed by atoms with Crippen molar-refractivity contribution in [1.29, 1.82) is 0 Å². The maximum Gasteiger partial charge on any atom is 0.269 e. The third-order valence-corrected chi connectivity index (χ3v) is 5.84. The summed E-state index contributed by atoms with van der Waals surface area (Å²) < 4.78 is 18.3. The van der Waals surface area contributed by atoms with Crippen molar-refractivity contribution in [3.05, 3.63) is 66.0 Å². The first-order valence-corrected chi connectivity index (χ1v) is 10.9. The van der Waals surface area contributed by atoms with Gasteiger partial charge in [0.15, 0.2) is 16.6 Å². The molecular weight excluding hydrogens is 428 g/mol. The number of hydrogen-bond acceptors (Lipinski definition) is 8. The summed E-state index contributed by atoms with van der Waals surface area (Å²) in [6.45, 7) is 1.70. The number of nitrogens with zero attached hydrogens (tertiary/aromatic N) is 2. The molecule has 0 saturated carbocycles. The molecule has 0 fully saturated rings. The molecule has 8 nitrogen and oxygen atoms in total. The van der Waals surface area contributed by atoms with Gasteiger partial charge in [-0.05, 0) is 24.3 Å². The Morgan fingerprint density at radius 3 is 2.91 bits per heavy atom. The first-order chi connectivity index (χ1) is 15.7. The van der Waals surface area contributed by atoms with Crippen LogP contribution in [0, 0.1) is 0 Å². The fourth-order valence-electron chi connectivity index (χ4n) is 3.35. The summed E-state index contributed by atoms with van der Waals surface area (Å²) in [5.74, 6) is 2.50. The smallest absolute Gasteiger partial charge is 0.269 e. The van der Waals surface area contributed by atoms with Crippen molar-refractivity contribution in [2.75, 3.05) is 25.6 Å². The number of benzene rings is 2. The van der Waals surface area contributed by atoms with E-state index in [-0.39, 0.29) is 5.91 Å². The van der Waals surface area contributed by atoms with Crippen LogP contribution in [0.15, 0.2) is 54.7 Å². The standard InChI is InChI=1S/C23H20N4O4S/c1-24-22(28)18-11-16(7-8-25-18)31-15-5-6-17-20(12-15)32-23(27-17)26-13-14-3-2-4-19-21(14)30-10-9-29-19/h2-8,11-12H,9-10,13H2,1H3,(H,24,28)(H,26,27). The van der Waals surface area contributed by atoms with Crippen molar-refractivity contribution in [2.45, 2.75) is 6.54 Å². The average molecular weight is 449 g/mol. The molecule has 0 bridgehead atoms. The molecule has 1 aliphatic heterocycles. The average Bonchev–Trinajstić information content (AvgIpc) is 3.24. The number of hydrogen-bond donors (Lipinski definition) is 2. The fourth-order valence-corrected chi connectivity index (χ4v) is 4.24. The first kappa shape index (κ1) is 20.1. The van der Waals surface area contributed by atoms with E-state index in [9.17, 15) is 4.79 Å². The number of thiazole rings is 1. The zero-order chi connectivity index (χ0) is 21.9. The minimum absolute atomic E-state index is 0.263. The summed E-state index contributed by atoms with van der Waals surface area (Å²) in [5, 5.41) is 6.73. The number of aromatic nitrogens is 2. The van der Waals surface area contributed by atoms with Crippen LogP contribution in [0.3, 0.4) is 0 Å². The van der Waals surface area contributed by atoms with Gasteiger partial charge in [-0.15, -0.1) is 0 Å². The molecule has 162 valence electrons. The molecule has 5 rings (SSSR count). The third kappa shape index (κ3) is 4.15. The molecule has 0 saturated heterocycles. The van der Waals surface area contributed by atoms with Gasteiger partial charge in [0, 0.05) is 37.5 Å². The molecule has 0 spiro atoms. The summed E-state index contributed by atoms with van der Waals surface area (Å²) in [6.07, 6.45) is 1.55. The highest BCUT2D eigenvalue weighted by molar-refractivity contribution is 7.22. The Hall–Kier alpha value is -3.85. The molecule has 9 heteroatoms. The second-order valence-electron chi connectivity index (χ2n) is 7.00. The van der Waals surface area contributed by atoms with Gasteiger partial charge in [0.2, 0.25) is 0 Å². The van der Waals surface area contributed by atoms with E-state index in [1.165, 1.54) is 11.3 Å². The summed E-state index contributed by atoms with van der Waals surface area (Å²) in [7, 11) is 1.56. The largest absolute Gasteiger partial charge is 0.486 e. The Kier molecular flexibility index (Phi) is 5.47. The molecule has 0 atom stereocenters. The lowest BCUT2D eigenvalue weighted by Gasteiger charge is -2.20. The molecule has 2 aromatic heterocycles. The Labute approximate surface area is 188 Å². The number of nitrogens with one attached hydrogen (secondary N) is 2. The fraction of sp³-hybridized carbons (Fsp3) is 0.174. The summed E-state index contributed by atoms with van der Waals surface area (Å²) in [5.41, 5.74) is 2.20. The number of pyridine rings is 1. The third-order valence-electron chi connectivity index (χ3n) is 4.86. The molecule has 0 radical (unpaired) electrons. The van der Waals surface area contributed by atoms with Gasteiger partial charge in [-0.3, -0.25) is 9.78 Å². The molecule has 1 aliphatic rings. The lowest BCUT2D eigenvalue weighted by Crippen LogP contribution is -2.18. The van der Waals surface area contributed by atoms with E-state index < -0.39 is 0 Å². The molecule has 32 heavy (non-hydrogen) atoms. The SMILES string of the molecule is CNC(=O)c1cc(Oc2ccc3nc(NCc4cccc5c4OCCO5)sc3c2)ccn1. The van der Waals surface area contributed by atoms with E-state index in [2.05, 4.69) is 20.6 Å². The molecule has 2 N–H and O–H groups in total. The second-order valence-corrected chi connectivity index (χ2v) is 8.03. The Bertz CT molecular complexity index is 1290.